The molecule has 1 amide bonds. The van der Waals surface area contributed by atoms with Crippen molar-refractivity contribution in [1.29, 1.82) is 0 Å². The molecule has 1 aromatic rings. The maximum Gasteiger partial charge on any atom is 0.257 e. The average Bonchev–Trinajstić information content (AvgIpc) is 2.35. The molecule has 18 heavy (non-hydrogen) atoms. The fraction of sp³-hybridized carbons (Fsp3) is 0.538. The fourth-order valence-electron chi connectivity index (χ4n) is 1.65. The quantitative estimate of drug-likeness (QED) is 0.801. The van der Waals surface area contributed by atoms with E-state index in [0.717, 1.165) is 13.0 Å². The molecule has 0 radical (unpaired) electrons. The molecule has 100 valence electrons. The maximum absolute atomic E-state index is 12.2. The SMILES string of the molecule is CCCNc1ncccc1C(=O)N(C)CC(C)O. The number of amides is 1. The van der Waals surface area contributed by atoms with Gasteiger partial charge < -0.3 is 15.3 Å². The van der Waals surface area contributed by atoms with E-state index in [1.807, 2.05) is 0 Å². The number of carbonyl (C=O) groups excluding carboxylic acids is 1. The minimum atomic E-state index is -0.539. The molecule has 1 atom stereocenters. The third kappa shape index (κ3) is 4.00. The number of likely N-dealkylation sites (N-methyl/N-ethyl adjacent to an activating group) is 1. The number of rotatable bonds is 6. The second-order valence-corrected chi connectivity index (χ2v) is 4.36. The van der Waals surface area contributed by atoms with Crippen molar-refractivity contribution in [3.63, 3.8) is 0 Å². The number of aromatic nitrogens is 1. The lowest BCUT2D eigenvalue weighted by Crippen LogP contribution is -2.33. The Morgan fingerprint density at radius 1 is 1.61 bits per heavy atom. The van der Waals surface area contributed by atoms with Crippen LogP contribution in [0, 0.1) is 0 Å². The average molecular weight is 251 g/mol. The molecule has 1 heterocycles. The van der Waals surface area contributed by atoms with E-state index in [4.69, 9.17) is 0 Å². The molecular formula is C13H21N3O2. The van der Waals surface area contributed by atoms with Crippen LogP contribution in [0.5, 0.6) is 0 Å². The van der Waals surface area contributed by atoms with Gasteiger partial charge >= 0.3 is 0 Å². The van der Waals surface area contributed by atoms with Gasteiger partial charge in [-0.3, -0.25) is 4.79 Å². The van der Waals surface area contributed by atoms with Crippen molar-refractivity contribution >= 4 is 11.7 Å². The minimum absolute atomic E-state index is 0.136. The number of pyridine rings is 1. The summed E-state index contributed by atoms with van der Waals surface area (Å²) in [4.78, 5) is 17.9. The third-order valence-corrected chi connectivity index (χ3v) is 2.47. The van der Waals surface area contributed by atoms with Crippen LogP contribution in [0.4, 0.5) is 5.82 Å². The zero-order valence-corrected chi connectivity index (χ0v) is 11.2. The van der Waals surface area contributed by atoms with Crippen molar-refractivity contribution in [3.8, 4) is 0 Å². The van der Waals surface area contributed by atoms with Crippen LogP contribution in [0.1, 0.15) is 30.6 Å². The molecule has 0 aliphatic heterocycles. The van der Waals surface area contributed by atoms with Gasteiger partial charge in [-0.05, 0) is 25.5 Å². The molecule has 5 heteroatoms. The summed E-state index contributed by atoms with van der Waals surface area (Å²) in [6.07, 6.45) is 2.08. The molecule has 0 aliphatic carbocycles. The van der Waals surface area contributed by atoms with Crippen molar-refractivity contribution in [2.24, 2.45) is 0 Å². The number of nitrogens with zero attached hydrogens (tertiary/aromatic N) is 2. The molecule has 0 fully saturated rings. The number of nitrogens with one attached hydrogen (secondary N) is 1. The summed E-state index contributed by atoms with van der Waals surface area (Å²) in [6.45, 7) is 4.79. The van der Waals surface area contributed by atoms with Gasteiger partial charge in [-0.1, -0.05) is 6.92 Å². The van der Waals surface area contributed by atoms with Crippen molar-refractivity contribution in [2.75, 3.05) is 25.5 Å². The predicted molar refractivity (Wildman–Crippen MR) is 71.7 cm³/mol. The number of hydrogen-bond donors (Lipinski definition) is 2. The smallest absolute Gasteiger partial charge is 0.257 e. The van der Waals surface area contributed by atoms with E-state index in [9.17, 15) is 9.90 Å². The van der Waals surface area contributed by atoms with E-state index >= 15 is 0 Å². The molecule has 0 saturated carbocycles. The Kier molecular flexibility index (Phi) is 5.58. The fourth-order valence-corrected chi connectivity index (χ4v) is 1.65. The van der Waals surface area contributed by atoms with Gasteiger partial charge in [0.15, 0.2) is 0 Å². The number of aliphatic hydroxyl groups excluding tert-OH is 1. The second kappa shape index (κ2) is 6.96. The van der Waals surface area contributed by atoms with Gasteiger partial charge in [0.25, 0.3) is 5.91 Å². The lowest BCUT2D eigenvalue weighted by Gasteiger charge is -2.20. The first-order chi connectivity index (χ1) is 8.56. The van der Waals surface area contributed by atoms with Crippen LogP contribution in [-0.4, -0.2) is 47.1 Å². The van der Waals surface area contributed by atoms with Gasteiger partial charge in [0.05, 0.1) is 11.7 Å². The van der Waals surface area contributed by atoms with Gasteiger partial charge in [0.2, 0.25) is 0 Å². The molecule has 1 unspecified atom stereocenters. The van der Waals surface area contributed by atoms with E-state index in [2.05, 4.69) is 17.2 Å². The van der Waals surface area contributed by atoms with Crippen molar-refractivity contribution < 1.29 is 9.90 Å². The lowest BCUT2D eigenvalue weighted by atomic mass is 10.2. The van der Waals surface area contributed by atoms with E-state index in [-0.39, 0.29) is 5.91 Å². The van der Waals surface area contributed by atoms with E-state index < -0.39 is 6.10 Å². The number of aliphatic hydroxyl groups is 1. The first-order valence-corrected chi connectivity index (χ1v) is 6.18. The first kappa shape index (κ1) is 14.4. The Balaban J connectivity index is 2.84. The summed E-state index contributed by atoms with van der Waals surface area (Å²) in [7, 11) is 1.67. The number of hydrogen-bond acceptors (Lipinski definition) is 4. The van der Waals surface area contributed by atoms with Crippen molar-refractivity contribution in [3.05, 3.63) is 23.9 Å². The molecule has 1 rings (SSSR count). The molecule has 0 spiro atoms. The van der Waals surface area contributed by atoms with E-state index in [1.165, 1.54) is 4.90 Å². The first-order valence-electron chi connectivity index (χ1n) is 6.18. The van der Waals surface area contributed by atoms with Crippen molar-refractivity contribution in [1.82, 2.24) is 9.88 Å². The summed E-state index contributed by atoms with van der Waals surface area (Å²) in [6, 6.07) is 3.48. The zero-order chi connectivity index (χ0) is 13.5. The van der Waals surface area contributed by atoms with Crippen LogP contribution in [0.3, 0.4) is 0 Å². The molecule has 1 aromatic heterocycles. The van der Waals surface area contributed by atoms with Gasteiger partial charge in [0.1, 0.15) is 5.82 Å². The minimum Gasteiger partial charge on any atom is -0.392 e. The molecular weight excluding hydrogens is 230 g/mol. The summed E-state index contributed by atoms with van der Waals surface area (Å²) in [5.74, 6) is 0.462. The molecule has 0 aromatic carbocycles. The Morgan fingerprint density at radius 3 is 2.94 bits per heavy atom. The van der Waals surface area contributed by atoms with Crippen LogP contribution in [0.2, 0.25) is 0 Å². The molecule has 0 saturated heterocycles. The normalized spacial score (nSPS) is 12.0. The lowest BCUT2D eigenvalue weighted by molar-refractivity contribution is 0.0704. The van der Waals surface area contributed by atoms with Gasteiger partial charge in [0, 0.05) is 26.3 Å². The van der Waals surface area contributed by atoms with Crippen LogP contribution in [-0.2, 0) is 0 Å². The van der Waals surface area contributed by atoms with Gasteiger partial charge in [-0.2, -0.15) is 0 Å². The largest absolute Gasteiger partial charge is 0.392 e. The topological polar surface area (TPSA) is 65.5 Å². The van der Waals surface area contributed by atoms with Gasteiger partial charge in [-0.25, -0.2) is 4.98 Å². The number of anilines is 1. The highest BCUT2D eigenvalue weighted by Crippen LogP contribution is 2.13. The van der Waals surface area contributed by atoms with E-state index in [0.29, 0.717) is 17.9 Å². The summed E-state index contributed by atoms with van der Waals surface area (Å²) in [5.41, 5.74) is 0.536. The molecule has 0 bridgehead atoms. The number of carbonyl (C=O) groups is 1. The van der Waals surface area contributed by atoms with E-state index in [1.54, 1.807) is 32.3 Å². The monoisotopic (exact) mass is 251 g/mol. The van der Waals surface area contributed by atoms with Crippen LogP contribution in [0.25, 0.3) is 0 Å². The Bertz CT molecular complexity index is 394. The third-order valence-electron chi connectivity index (χ3n) is 2.47. The summed E-state index contributed by atoms with van der Waals surface area (Å²) < 4.78 is 0. The van der Waals surface area contributed by atoms with Crippen LogP contribution in [0.15, 0.2) is 18.3 Å². The molecule has 5 nitrogen and oxygen atoms in total. The molecule has 2 N–H and O–H groups in total. The Hall–Kier alpha value is -1.62. The highest BCUT2D eigenvalue weighted by molar-refractivity contribution is 5.98. The van der Waals surface area contributed by atoms with Crippen LogP contribution >= 0.6 is 0 Å². The maximum atomic E-state index is 12.2. The highest BCUT2D eigenvalue weighted by atomic mass is 16.3. The standard InChI is InChI=1S/C13H21N3O2/c1-4-7-14-12-11(6-5-8-15-12)13(18)16(3)9-10(2)17/h5-6,8,10,17H,4,7,9H2,1-3H3,(H,14,15). The van der Waals surface area contributed by atoms with Crippen LogP contribution < -0.4 is 5.32 Å². The molecule has 0 aliphatic rings. The Morgan fingerprint density at radius 2 is 2.33 bits per heavy atom. The Labute approximate surface area is 108 Å². The predicted octanol–water partition coefficient (Wildman–Crippen LogP) is 1.36. The highest BCUT2D eigenvalue weighted by Gasteiger charge is 2.17. The second-order valence-electron chi connectivity index (χ2n) is 4.36. The van der Waals surface area contributed by atoms with Gasteiger partial charge in [-0.15, -0.1) is 0 Å². The summed E-state index contributed by atoms with van der Waals surface area (Å²) >= 11 is 0. The van der Waals surface area contributed by atoms with Crippen molar-refractivity contribution in [2.45, 2.75) is 26.4 Å². The summed E-state index contributed by atoms with van der Waals surface area (Å²) in [5, 5.41) is 12.4. The zero-order valence-electron chi connectivity index (χ0n) is 11.2.